The van der Waals surface area contributed by atoms with E-state index in [4.69, 9.17) is 9.47 Å². The molecular weight excluding hydrogens is 306 g/mol. The third kappa shape index (κ3) is 3.98. The Kier molecular flexibility index (Phi) is 6.25. The molecule has 2 N–H and O–H groups in total. The lowest BCUT2D eigenvalue weighted by Gasteiger charge is -2.49. The number of fused-ring (bicyclic) bond motifs is 1. The Morgan fingerprint density at radius 2 is 1.92 bits per heavy atom. The average Bonchev–Trinajstić information content (AvgIpc) is 2.63. The van der Waals surface area contributed by atoms with Gasteiger partial charge in [0.15, 0.2) is 6.29 Å². The molecule has 2 aliphatic heterocycles. The second-order valence-electron chi connectivity index (χ2n) is 6.86. The number of benzene rings is 1. The van der Waals surface area contributed by atoms with Gasteiger partial charge in [0.25, 0.3) is 0 Å². The lowest BCUT2D eigenvalue weighted by atomic mass is 9.92. The van der Waals surface area contributed by atoms with E-state index in [0.29, 0.717) is 13.2 Å². The molecule has 1 aromatic rings. The Labute approximate surface area is 144 Å². The number of hydrogen-bond acceptors (Lipinski definition) is 5. The van der Waals surface area contributed by atoms with E-state index in [1.54, 1.807) is 0 Å². The van der Waals surface area contributed by atoms with E-state index in [-0.39, 0.29) is 6.04 Å². The number of unbranched alkanes of at least 4 members (excludes halogenated alkanes) is 3. The first-order valence-corrected chi connectivity index (χ1v) is 9.13. The third-order valence-electron chi connectivity index (χ3n) is 5.07. The number of hydrogen-bond donors (Lipinski definition) is 2. The van der Waals surface area contributed by atoms with Gasteiger partial charge in [-0.2, -0.15) is 0 Å². The van der Waals surface area contributed by atoms with Crippen LogP contribution in [0.2, 0.25) is 0 Å². The van der Waals surface area contributed by atoms with Crippen LogP contribution >= 0.6 is 0 Å². The molecule has 2 heterocycles. The van der Waals surface area contributed by atoms with E-state index in [1.807, 2.05) is 30.3 Å². The molecule has 0 aromatic heterocycles. The highest BCUT2D eigenvalue weighted by Crippen LogP contribution is 2.33. The van der Waals surface area contributed by atoms with Crippen LogP contribution in [0.15, 0.2) is 30.3 Å². The summed E-state index contributed by atoms with van der Waals surface area (Å²) in [6.07, 6.45) is 2.20. The molecule has 134 valence electrons. The van der Waals surface area contributed by atoms with Crippen molar-refractivity contribution in [1.29, 1.82) is 0 Å². The number of β-amino-alcohol motifs (C(OH)–C–C–N with tert-alkyl or cyclic N) is 1. The summed E-state index contributed by atoms with van der Waals surface area (Å²) in [5.41, 5.74) is 0.942. The third-order valence-corrected chi connectivity index (χ3v) is 5.07. The van der Waals surface area contributed by atoms with Crippen LogP contribution in [-0.4, -0.2) is 59.2 Å². The molecule has 0 spiro atoms. The summed E-state index contributed by atoms with van der Waals surface area (Å²) in [6, 6.07) is 9.76. The molecule has 2 aliphatic rings. The van der Waals surface area contributed by atoms with Crippen molar-refractivity contribution in [2.24, 2.45) is 0 Å². The summed E-state index contributed by atoms with van der Waals surface area (Å²) in [7, 11) is 0. The van der Waals surface area contributed by atoms with Gasteiger partial charge in [0.1, 0.15) is 12.2 Å². The Balaban J connectivity index is 1.65. The number of aliphatic hydroxyl groups excluding tert-OH is 2. The maximum atomic E-state index is 10.4. The van der Waals surface area contributed by atoms with E-state index in [9.17, 15) is 10.2 Å². The number of aliphatic hydroxyl groups is 2. The fourth-order valence-electron chi connectivity index (χ4n) is 3.66. The van der Waals surface area contributed by atoms with Crippen LogP contribution in [0.3, 0.4) is 0 Å². The van der Waals surface area contributed by atoms with Gasteiger partial charge in [-0.25, -0.2) is 0 Å². The summed E-state index contributed by atoms with van der Waals surface area (Å²) in [5, 5.41) is 20.6. The van der Waals surface area contributed by atoms with Crippen molar-refractivity contribution in [3.63, 3.8) is 0 Å². The van der Waals surface area contributed by atoms with Gasteiger partial charge in [0.2, 0.25) is 0 Å². The first-order valence-electron chi connectivity index (χ1n) is 9.13. The Morgan fingerprint density at radius 1 is 1.12 bits per heavy atom. The molecule has 1 aromatic carbocycles. The molecule has 0 amide bonds. The molecule has 2 saturated heterocycles. The quantitative estimate of drug-likeness (QED) is 0.780. The van der Waals surface area contributed by atoms with Gasteiger partial charge in [0.05, 0.1) is 18.8 Å². The zero-order valence-corrected chi connectivity index (χ0v) is 14.4. The maximum Gasteiger partial charge on any atom is 0.184 e. The summed E-state index contributed by atoms with van der Waals surface area (Å²) >= 11 is 0. The zero-order chi connectivity index (χ0) is 16.9. The van der Waals surface area contributed by atoms with Crippen LogP contribution < -0.4 is 0 Å². The van der Waals surface area contributed by atoms with E-state index < -0.39 is 24.6 Å². The second kappa shape index (κ2) is 8.41. The maximum absolute atomic E-state index is 10.4. The van der Waals surface area contributed by atoms with Crippen molar-refractivity contribution >= 4 is 0 Å². The van der Waals surface area contributed by atoms with Crippen LogP contribution in [0.4, 0.5) is 0 Å². The summed E-state index contributed by atoms with van der Waals surface area (Å²) in [4.78, 5) is 2.22. The normalized spacial score (nSPS) is 34.0. The minimum absolute atomic E-state index is 0.00462. The van der Waals surface area contributed by atoms with Gasteiger partial charge >= 0.3 is 0 Å². The van der Waals surface area contributed by atoms with Gasteiger partial charge in [-0.15, -0.1) is 0 Å². The molecule has 2 fully saturated rings. The molecule has 5 atom stereocenters. The Hall–Kier alpha value is -0.980. The minimum atomic E-state index is -0.864. The zero-order valence-electron chi connectivity index (χ0n) is 14.4. The first-order chi connectivity index (χ1) is 11.7. The van der Waals surface area contributed by atoms with Gasteiger partial charge in [-0.1, -0.05) is 56.5 Å². The van der Waals surface area contributed by atoms with Crippen molar-refractivity contribution < 1.29 is 19.7 Å². The topological polar surface area (TPSA) is 62.2 Å². The van der Waals surface area contributed by atoms with E-state index in [1.165, 1.54) is 19.3 Å². The molecule has 5 heteroatoms. The molecule has 24 heavy (non-hydrogen) atoms. The smallest absolute Gasteiger partial charge is 0.184 e. The predicted molar refractivity (Wildman–Crippen MR) is 91.5 cm³/mol. The predicted octanol–water partition coefficient (Wildman–Crippen LogP) is 2.09. The molecule has 0 aliphatic carbocycles. The number of piperidine rings is 1. The molecular formula is C19H29NO4. The SMILES string of the molecule is CCCCCCN1C[C@H](O)[C@@H](O)[C@@H]2OC(c3ccccc3)OC[C@H]21. The number of likely N-dealkylation sites (tertiary alicyclic amines) is 1. The van der Waals surface area contributed by atoms with Gasteiger partial charge < -0.3 is 19.7 Å². The van der Waals surface area contributed by atoms with Gasteiger partial charge in [-0.05, 0) is 13.0 Å². The standard InChI is InChI=1S/C19H29NO4/c1-2-3-4-8-11-20-12-16(21)17(22)18-15(20)13-23-19(24-18)14-9-6-5-7-10-14/h5-7,9-10,15-19,21-22H,2-4,8,11-13H2,1H3/t15-,16+,17-,18-,19?/m1/s1. The molecule has 0 radical (unpaired) electrons. The molecule has 0 bridgehead atoms. The molecule has 1 unspecified atom stereocenters. The fourth-order valence-corrected chi connectivity index (χ4v) is 3.66. The number of rotatable bonds is 6. The molecule has 3 rings (SSSR count). The van der Waals surface area contributed by atoms with E-state index in [0.717, 1.165) is 18.5 Å². The highest BCUT2D eigenvalue weighted by atomic mass is 16.7. The van der Waals surface area contributed by atoms with E-state index >= 15 is 0 Å². The van der Waals surface area contributed by atoms with Crippen LogP contribution in [0.25, 0.3) is 0 Å². The van der Waals surface area contributed by atoms with Crippen molar-refractivity contribution in [3.05, 3.63) is 35.9 Å². The van der Waals surface area contributed by atoms with E-state index in [2.05, 4.69) is 11.8 Å². The Bertz CT molecular complexity index is 497. The summed E-state index contributed by atoms with van der Waals surface area (Å²) < 4.78 is 12.0. The molecule has 0 saturated carbocycles. The monoisotopic (exact) mass is 335 g/mol. The highest BCUT2D eigenvalue weighted by molar-refractivity contribution is 5.16. The van der Waals surface area contributed by atoms with Crippen molar-refractivity contribution in [3.8, 4) is 0 Å². The first kappa shape index (κ1) is 17.8. The van der Waals surface area contributed by atoms with Crippen molar-refractivity contribution in [2.45, 2.75) is 63.3 Å². The lowest BCUT2D eigenvalue weighted by Crippen LogP contribution is -2.65. The van der Waals surface area contributed by atoms with Crippen molar-refractivity contribution in [1.82, 2.24) is 4.90 Å². The molecule has 5 nitrogen and oxygen atoms in total. The van der Waals surface area contributed by atoms with Crippen LogP contribution in [0.1, 0.15) is 44.5 Å². The Morgan fingerprint density at radius 3 is 2.67 bits per heavy atom. The lowest BCUT2D eigenvalue weighted by molar-refractivity contribution is -0.287. The number of ether oxygens (including phenoxy) is 2. The minimum Gasteiger partial charge on any atom is -0.389 e. The number of nitrogens with zero attached hydrogens (tertiary/aromatic N) is 1. The van der Waals surface area contributed by atoms with Crippen LogP contribution in [0.5, 0.6) is 0 Å². The highest BCUT2D eigenvalue weighted by Gasteiger charge is 2.46. The van der Waals surface area contributed by atoms with Gasteiger partial charge in [-0.3, -0.25) is 4.90 Å². The van der Waals surface area contributed by atoms with Gasteiger partial charge in [0, 0.05) is 12.1 Å². The summed E-state index contributed by atoms with van der Waals surface area (Å²) in [6.45, 7) is 4.11. The largest absolute Gasteiger partial charge is 0.389 e. The van der Waals surface area contributed by atoms with Crippen LogP contribution in [-0.2, 0) is 9.47 Å². The van der Waals surface area contributed by atoms with Crippen molar-refractivity contribution in [2.75, 3.05) is 19.7 Å². The van der Waals surface area contributed by atoms with Crippen LogP contribution in [0, 0.1) is 0 Å². The fraction of sp³-hybridized carbons (Fsp3) is 0.684. The summed E-state index contributed by atoms with van der Waals surface area (Å²) in [5.74, 6) is 0. The average molecular weight is 335 g/mol. The second-order valence-corrected chi connectivity index (χ2v) is 6.86.